The van der Waals surface area contributed by atoms with Crippen molar-refractivity contribution in [2.45, 2.75) is 44.9 Å². The smallest absolute Gasteiger partial charge is 0.119 e. The Hall–Kier alpha value is -1.10. The minimum atomic E-state index is -0.484. The number of rotatable bonds is 8. The average molecular weight is 279 g/mol. The van der Waals surface area contributed by atoms with Gasteiger partial charge in [-0.15, -0.1) is 0 Å². The molecule has 1 saturated carbocycles. The van der Waals surface area contributed by atoms with Crippen molar-refractivity contribution in [1.29, 1.82) is 0 Å². The molecule has 0 aliphatic heterocycles. The van der Waals surface area contributed by atoms with Gasteiger partial charge in [-0.3, -0.25) is 0 Å². The van der Waals surface area contributed by atoms with Crippen LogP contribution in [0, 0.1) is 6.92 Å². The second-order valence-corrected chi connectivity index (χ2v) is 5.43. The first-order valence-corrected chi connectivity index (χ1v) is 7.40. The molecule has 0 amide bonds. The number of hydrogen-bond acceptors (Lipinski definition) is 4. The van der Waals surface area contributed by atoms with Crippen LogP contribution in [0.4, 0.5) is 0 Å². The number of nitrogens with one attached hydrogen (secondary N) is 1. The molecule has 1 fully saturated rings. The maximum Gasteiger partial charge on any atom is 0.119 e. The molecule has 1 aliphatic carbocycles. The van der Waals surface area contributed by atoms with E-state index in [1.165, 1.54) is 5.56 Å². The number of aryl methyl sites for hydroxylation is 1. The Kier molecular flexibility index (Phi) is 5.83. The van der Waals surface area contributed by atoms with Crippen LogP contribution in [0.25, 0.3) is 0 Å². The lowest BCUT2D eigenvalue weighted by molar-refractivity contribution is -0.0134. The summed E-state index contributed by atoms with van der Waals surface area (Å²) in [6.45, 7) is 5.72. The highest BCUT2D eigenvalue weighted by molar-refractivity contribution is 5.26. The Balaban J connectivity index is 1.57. The van der Waals surface area contributed by atoms with Crippen molar-refractivity contribution in [2.75, 3.05) is 19.8 Å². The van der Waals surface area contributed by atoms with E-state index in [1.54, 1.807) is 0 Å². The molecular formula is C16H25NO3. The lowest BCUT2D eigenvalue weighted by atomic mass is 9.89. The largest absolute Gasteiger partial charge is 0.491 e. The predicted molar refractivity (Wildman–Crippen MR) is 79.1 cm³/mol. The minimum Gasteiger partial charge on any atom is -0.491 e. The molecule has 0 radical (unpaired) electrons. The van der Waals surface area contributed by atoms with Crippen molar-refractivity contribution in [2.24, 2.45) is 0 Å². The molecule has 1 aromatic rings. The first-order valence-electron chi connectivity index (χ1n) is 7.40. The molecule has 2 rings (SSSR count). The summed E-state index contributed by atoms with van der Waals surface area (Å²) < 4.78 is 11.1. The third-order valence-corrected chi connectivity index (χ3v) is 3.60. The second kappa shape index (κ2) is 7.62. The number of aliphatic hydroxyl groups is 1. The van der Waals surface area contributed by atoms with Crippen LogP contribution in [0.3, 0.4) is 0 Å². The summed E-state index contributed by atoms with van der Waals surface area (Å²) in [4.78, 5) is 0. The normalized spacial score (nSPS) is 23.1. The fourth-order valence-electron chi connectivity index (χ4n) is 2.29. The summed E-state index contributed by atoms with van der Waals surface area (Å²) in [7, 11) is 0. The Morgan fingerprint density at radius 1 is 1.30 bits per heavy atom. The van der Waals surface area contributed by atoms with E-state index in [-0.39, 0.29) is 0 Å². The summed E-state index contributed by atoms with van der Waals surface area (Å²) in [5, 5.41) is 13.2. The molecule has 4 nitrogen and oxygen atoms in total. The van der Waals surface area contributed by atoms with Crippen molar-refractivity contribution in [3.05, 3.63) is 29.8 Å². The maximum absolute atomic E-state index is 9.88. The molecular weight excluding hydrogens is 254 g/mol. The van der Waals surface area contributed by atoms with Gasteiger partial charge in [0.15, 0.2) is 0 Å². The fraction of sp³-hybridized carbons (Fsp3) is 0.625. The van der Waals surface area contributed by atoms with Crippen molar-refractivity contribution >= 4 is 0 Å². The molecule has 1 unspecified atom stereocenters. The van der Waals surface area contributed by atoms with Crippen LogP contribution in [-0.4, -0.2) is 43.1 Å². The highest BCUT2D eigenvalue weighted by Gasteiger charge is 2.29. The molecule has 0 saturated heterocycles. The van der Waals surface area contributed by atoms with E-state index in [1.807, 2.05) is 38.1 Å². The Morgan fingerprint density at radius 3 is 2.65 bits per heavy atom. The van der Waals surface area contributed by atoms with E-state index in [2.05, 4.69) is 5.32 Å². The van der Waals surface area contributed by atoms with E-state index in [0.717, 1.165) is 25.2 Å². The van der Waals surface area contributed by atoms with Crippen LogP contribution in [-0.2, 0) is 4.74 Å². The quantitative estimate of drug-likeness (QED) is 0.763. The van der Waals surface area contributed by atoms with Gasteiger partial charge in [0.2, 0.25) is 0 Å². The van der Waals surface area contributed by atoms with Gasteiger partial charge in [0, 0.05) is 19.2 Å². The van der Waals surface area contributed by atoms with Crippen LogP contribution in [0.1, 0.15) is 25.3 Å². The van der Waals surface area contributed by atoms with Crippen LogP contribution < -0.4 is 10.1 Å². The Bertz CT molecular complexity index is 387. The monoisotopic (exact) mass is 279 g/mol. The maximum atomic E-state index is 9.88. The second-order valence-electron chi connectivity index (χ2n) is 5.43. The van der Waals surface area contributed by atoms with Crippen LogP contribution in [0.2, 0.25) is 0 Å². The van der Waals surface area contributed by atoms with E-state index in [9.17, 15) is 5.11 Å². The molecule has 2 N–H and O–H groups in total. The predicted octanol–water partition coefficient (Wildman–Crippen LogP) is 1.89. The first-order chi connectivity index (χ1) is 9.67. The standard InChI is InChI=1S/C16H25NO3/c1-3-19-16-8-13(9-16)17-10-14(18)11-20-15-6-4-12(2)5-7-15/h4-7,13-14,16-18H,3,8-11H2,1-2H3. The van der Waals surface area contributed by atoms with Gasteiger partial charge in [-0.1, -0.05) is 17.7 Å². The van der Waals surface area contributed by atoms with Gasteiger partial charge in [-0.25, -0.2) is 0 Å². The van der Waals surface area contributed by atoms with Gasteiger partial charge >= 0.3 is 0 Å². The third kappa shape index (κ3) is 4.78. The summed E-state index contributed by atoms with van der Waals surface area (Å²) in [6.07, 6.45) is 2.00. The van der Waals surface area contributed by atoms with Crippen molar-refractivity contribution < 1.29 is 14.6 Å². The zero-order valence-corrected chi connectivity index (χ0v) is 12.3. The molecule has 112 valence electrons. The van der Waals surface area contributed by atoms with Gasteiger partial charge in [0.1, 0.15) is 18.5 Å². The highest BCUT2D eigenvalue weighted by atomic mass is 16.5. The lowest BCUT2D eigenvalue weighted by Gasteiger charge is -2.36. The SMILES string of the molecule is CCOC1CC(NCC(O)COc2ccc(C)cc2)C1. The molecule has 0 spiro atoms. The summed E-state index contributed by atoms with van der Waals surface area (Å²) in [5.41, 5.74) is 1.20. The molecule has 1 aliphatic rings. The van der Waals surface area contributed by atoms with Gasteiger partial charge in [-0.05, 0) is 38.8 Å². The van der Waals surface area contributed by atoms with Gasteiger partial charge in [0.25, 0.3) is 0 Å². The molecule has 4 heteroatoms. The molecule has 0 aromatic heterocycles. The molecule has 0 bridgehead atoms. The minimum absolute atomic E-state index is 0.317. The number of ether oxygens (including phenoxy) is 2. The Labute approximate surface area is 121 Å². The summed E-state index contributed by atoms with van der Waals surface area (Å²) >= 11 is 0. The fourth-order valence-corrected chi connectivity index (χ4v) is 2.29. The van der Waals surface area contributed by atoms with Crippen molar-refractivity contribution in [3.8, 4) is 5.75 Å². The number of hydrogen-bond donors (Lipinski definition) is 2. The van der Waals surface area contributed by atoms with Crippen LogP contribution in [0.5, 0.6) is 5.75 Å². The molecule has 1 aromatic carbocycles. The summed E-state index contributed by atoms with van der Waals surface area (Å²) in [6, 6.07) is 8.33. The molecule has 0 heterocycles. The van der Waals surface area contributed by atoms with E-state index < -0.39 is 6.10 Å². The number of aliphatic hydroxyl groups excluding tert-OH is 1. The van der Waals surface area contributed by atoms with Crippen LogP contribution >= 0.6 is 0 Å². The lowest BCUT2D eigenvalue weighted by Crippen LogP contribution is -2.48. The van der Waals surface area contributed by atoms with Crippen molar-refractivity contribution in [1.82, 2.24) is 5.32 Å². The van der Waals surface area contributed by atoms with E-state index in [0.29, 0.717) is 25.3 Å². The van der Waals surface area contributed by atoms with Gasteiger partial charge in [-0.2, -0.15) is 0 Å². The van der Waals surface area contributed by atoms with E-state index in [4.69, 9.17) is 9.47 Å². The van der Waals surface area contributed by atoms with Crippen LogP contribution in [0.15, 0.2) is 24.3 Å². The summed E-state index contributed by atoms with van der Waals surface area (Å²) in [5.74, 6) is 0.801. The zero-order chi connectivity index (χ0) is 14.4. The van der Waals surface area contributed by atoms with Gasteiger partial charge < -0.3 is 19.9 Å². The van der Waals surface area contributed by atoms with Gasteiger partial charge in [0.05, 0.1) is 6.10 Å². The molecule has 1 atom stereocenters. The van der Waals surface area contributed by atoms with E-state index >= 15 is 0 Å². The molecule has 20 heavy (non-hydrogen) atoms. The zero-order valence-electron chi connectivity index (χ0n) is 12.3. The number of benzene rings is 1. The highest BCUT2D eigenvalue weighted by Crippen LogP contribution is 2.23. The third-order valence-electron chi connectivity index (χ3n) is 3.60. The topological polar surface area (TPSA) is 50.7 Å². The first kappa shape index (κ1) is 15.3. The average Bonchev–Trinajstić information content (AvgIpc) is 2.40. The van der Waals surface area contributed by atoms with Crippen molar-refractivity contribution in [3.63, 3.8) is 0 Å². The Morgan fingerprint density at radius 2 is 2.00 bits per heavy atom.